The van der Waals surface area contributed by atoms with Crippen molar-refractivity contribution in [2.24, 2.45) is 10.2 Å². The van der Waals surface area contributed by atoms with Crippen molar-refractivity contribution in [3.05, 3.63) is 47.3 Å². The van der Waals surface area contributed by atoms with Crippen LogP contribution in [-0.4, -0.2) is 11.4 Å². The maximum atomic E-state index is 5.55. The summed E-state index contributed by atoms with van der Waals surface area (Å²) in [4.78, 5) is 0. The van der Waals surface area contributed by atoms with E-state index < -0.39 is 0 Å². The summed E-state index contributed by atoms with van der Waals surface area (Å²) in [6.45, 7) is 7.92. The van der Waals surface area contributed by atoms with Crippen LogP contribution < -0.4 is 0 Å². The molecule has 2 rings (SSSR count). The molecule has 0 fully saturated rings. The van der Waals surface area contributed by atoms with E-state index in [4.69, 9.17) is 8.83 Å². The monoisotopic (exact) mass is 300 g/mol. The minimum absolute atomic E-state index is 0.862. The van der Waals surface area contributed by atoms with Crippen LogP contribution in [0.4, 0.5) is 0 Å². The molecule has 0 radical (unpaired) electrons. The molecule has 0 atom stereocenters. The highest BCUT2D eigenvalue weighted by Crippen LogP contribution is 2.10. The second-order valence-electron chi connectivity index (χ2n) is 5.70. The van der Waals surface area contributed by atoms with Crippen molar-refractivity contribution in [2.45, 2.75) is 53.4 Å². The Hall–Kier alpha value is -2.10. The molecule has 0 amide bonds. The third-order valence-electron chi connectivity index (χ3n) is 3.45. The molecule has 2 aromatic rings. The Balaban J connectivity index is 1.77. The molecule has 2 heterocycles. The maximum Gasteiger partial charge on any atom is 0.104 e. The van der Waals surface area contributed by atoms with Gasteiger partial charge in [-0.2, -0.15) is 10.2 Å². The molecule has 2 aromatic heterocycles. The third-order valence-corrected chi connectivity index (χ3v) is 3.45. The summed E-state index contributed by atoms with van der Waals surface area (Å²) in [7, 11) is 0. The number of nitrogens with zero attached hydrogens (tertiary/aromatic N) is 2. The number of aryl methyl sites for hydroxylation is 4. The van der Waals surface area contributed by atoms with Crippen LogP contribution in [0.2, 0.25) is 0 Å². The highest BCUT2D eigenvalue weighted by Gasteiger charge is 2.01. The zero-order valence-electron chi connectivity index (χ0n) is 13.8. The molecule has 0 N–H and O–H groups in total. The average Bonchev–Trinajstić information content (AvgIpc) is 3.09. The molecular formula is C18H24N2O2. The number of hydrogen-bond acceptors (Lipinski definition) is 4. The van der Waals surface area contributed by atoms with E-state index in [1.54, 1.807) is 0 Å². The van der Waals surface area contributed by atoms with Gasteiger partial charge in [-0.3, -0.25) is 0 Å². The Kier molecular flexibility index (Phi) is 5.75. The van der Waals surface area contributed by atoms with Gasteiger partial charge in [0, 0.05) is 24.3 Å². The number of hydrogen-bond donors (Lipinski definition) is 0. The lowest BCUT2D eigenvalue weighted by molar-refractivity contribution is 0.484. The summed E-state index contributed by atoms with van der Waals surface area (Å²) in [6.07, 6.45) is 3.45. The largest absolute Gasteiger partial charge is 0.466 e. The van der Waals surface area contributed by atoms with Gasteiger partial charge in [0.05, 0.1) is 0 Å². The first-order valence-electron chi connectivity index (χ1n) is 7.70. The van der Waals surface area contributed by atoms with E-state index in [1.165, 1.54) is 0 Å². The zero-order valence-corrected chi connectivity index (χ0v) is 13.8. The van der Waals surface area contributed by atoms with E-state index in [1.807, 2.05) is 52.0 Å². The lowest BCUT2D eigenvalue weighted by Gasteiger charge is -1.99. The van der Waals surface area contributed by atoms with Gasteiger partial charge in [0.2, 0.25) is 0 Å². The van der Waals surface area contributed by atoms with Crippen molar-refractivity contribution in [1.82, 2.24) is 0 Å². The van der Waals surface area contributed by atoms with Crippen molar-refractivity contribution in [2.75, 3.05) is 0 Å². The molecule has 4 heteroatoms. The summed E-state index contributed by atoms with van der Waals surface area (Å²) in [5.74, 6) is 3.90. The van der Waals surface area contributed by atoms with Crippen molar-refractivity contribution < 1.29 is 8.83 Å². The van der Waals surface area contributed by atoms with Crippen LogP contribution in [0, 0.1) is 13.8 Å². The standard InChI is InChI=1S/C18H24N2O2/c1-13(5-9-17-11-7-15(3)21-17)19-20-14(2)6-10-18-12-8-16(4)22-18/h7-8,11-12H,5-6,9-10H2,1-4H3. The Morgan fingerprint density at radius 2 is 1.18 bits per heavy atom. The highest BCUT2D eigenvalue weighted by atomic mass is 16.3. The van der Waals surface area contributed by atoms with Crippen molar-refractivity contribution >= 4 is 11.4 Å². The fourth-order valence-electron chi connectivity index (χ4n) is 2.12. The summed E-state index contributed by atoms with van der Waals surface area (Å²) in [5.41, 5.74) is 2.03. The van der Waals surface area contributed by atoms with Gasteiger partial charge in [0.15, 0.2) is 0 Å². The molecule has 0 saturated heterocycles. The predicted octanol–water partition coefficient (Wildman–Crippen LogP) is 4.89. The molecule has 0 spiro atoms. The molecule has 0 aliphatic rings. The molecule has 0 aromatic carbocycles. The van der Waals surface area contributed by atoms with Gasteiger partial charge < -0.3 is 8.83 Å². The molecular weight excluding hydrogens is 276 g/mol. The Morgan fingerprint density at radius 1 is 0.773 bits per heavy atom. The summed E-state index contributed by atoms with van der Waals surface area (Å²) in [5, 5.41) is 8.59. The van der Waals surface area contributed by atoms with Crippen molar-refractivity contribution in [3.8, 4) is 0 Å². The second kappa shape index (κ2) is 7.78. The lowest BCUT2D eigenvalue weighted by atomic mass is 10.2. The van der Waals surface area contributed by atoms with Crippen LogP contribution in [0.15, 0.2) is 43.3 Å². The molecule has 0 bridgehead atoms. The van der Waals surface area contributed by atoms with Crippen LogP contribution in [0.3, 0.4) is 0 Å². The van der Waals surface area contributed by atoms with Gasteiger partial charge >= 0.3 is 0 Å². The van der Waals surface area contributed by atoms with Gasteiger partial charge in [-0.1, -0.05) is 0 Å². The van der Waals surface area contributed by atoms with E-state index >= 15 is 0 Å². The minimum Gasteiger partial charge on any atom is -0.466 e. The Labute approximate surface area is 131 Å². The van der Waals surface area contributed by atoms with Crippen LogP contribution in [0.25, 0.3) is 0 Å². The zero-order chi connectivity index (χ0) is 15.9. The molecule has 4 nitrogen and oxygen atoms in total. The number of rotatable bonds is 7. The maximum absolute atomic E-state index is 5.55. The van der Waals surface area contributed by atoms with Gasteiger partial charge in [-0.25, -0.2) is 0 Å². The first-order valence-corrected chi connectivity index (χ1v) is 7.70. The third kappa shape index (κ3) is 5.35. The van der Waals surface area contributed by atoms with E-state index in [0.717, 1.165) is 60.1 Å². The molecule has 0 aliphatic heterocycles. The van der Waals surface area contributed by atoms with Crippen LogP contribution in [0.5, 0.6) is 0 Å². The SMILES string of the molecule is CC(CCc1ccc(C)o1)=NN=C(C)CCc1ccc(C)o1. The van der Waals surface area contributed by atoms with E-state index in [9.17, 15) is 0 Å². The van der Waals surface area contributed by atoms with Crippen molar-refractivity contribution in [3.63, 3.8) is 0 Å². The number of furan rings is 2. The predicted molar refractivity (Wildman–Crippen MR) is 89.8 cm³/mol. The molecule has 0 aliphatic carbocycles. The van der Waals surface area contributed by atoms with E-state index in [0.29, 0.717) is 0 Å². The first-order chi connectivity index (χ1) is 10.5. The Morgan fingerprint density at radius 3 is 1.50 bits per heavy atom. The molecule has 22 heavy (non-hydrogen) atoms. The smallest absolute Gasteiger partial charge is 0.104 e. The summed E-state index contributed by atoms with van der Waals surface area (Å²) < 4.78 is 11.1. The normalized spacial score (nSPS) is 12.9. The summed E-state index contributed by atoms with van der Waals surface area (Å²) >= 11 is 0. The van der Waals surface area contributed by atoms with Gasteiger partial charge in [0.1, 0.15) is 23.0 Å². The molecule has 0 saturated carbocycles. The van der Waals surface area contributed by atoms with Crippen LogP contribution in [-0.2, 0) is 12.8 Å². The molecule has 118 valence electrons. The fourth-order valence-corrected chi connectivity index (χ4v) is 2.12. The second-order valence-corrected chi connectivity index (χ2v) is 5.70. The Bertz CT molecular complexity index is 604. The minimum atomic E-state index is 0.862. The van der Waals surface area contributed by atoms with E-state index in [2.05, 4.69) is 10.2 Å². The van der Waals surface area contributed by atoms with Crippen molar-refractivity contribution in [1.29, 1.82) is 0 Å². The lowest BCUT2D eigenvalue weighted by Crippen LogP contribution is -1.97. The highest BCUT2D eigenvalue weighted by molar-refractivity contribution is 5.85. The van der Waals surface area contributed by atoms with Crippen LogP contribution >= 0.6 is 0 Å². The topological polar surface area (TPSA) is 51.0 Å². The van der Waals surface area contributed by atoms with E-state index in [-0.39, 0.29) is 0 Å². The summed E-state index contributed by atoms with van der Waals surface area (Å²) in [6, 6.07) is 8.01. The van der Waals surface area contributed by atoms with Crippen LogP contribution in [0.1, 0.15) is 49.7 Å². The van der Waals surface area contributed by atoms with Gasteiger partial charge in [0.25, 0.3) is 0 Å². The first kappa shape index (κ1) is 16.3. The quantitative estimate of drug-likeness (QED) is 0.540. The van der Waals surface area contributed by atoms with Gasteiger partial charge in [-0.15, -0.1) is 0 Å². The average molecular weight is 300 g/mol. The van der Waals surface area contributed by atoms with Gasteiger partial charge in [-0.05, 0) is 64.8 Å². The molecule has 0 unspecified atom stereocenters. The fraction of sp³-hybridized carbons (Fsp3) is 0.444.